The molecule has 0 saturated carbocycles. The molecule has 1 aromatic carbocycles. The predicted molar refractivity (Wildman–Crippen MR) is 89.6 cm³/mol. The zero-order valence-electron chi connectivity index (χ0n) is 12.2. The monoisotopic (exact) mass is 327 g/mol. The highest BCUT2D eigenvalue weighted by atomic mass is 32.1. The Morgan fingerprint density at radius 3 is 2.57 bits per heavy atom. The van der Waals surface area contributed by atoms with E-state index in [1.54, 1.807) is 24.3 Å². The molecule has 3 rings (SSSR count). The van der Waals surface area contributed by atoms with Crippen LogP contribution in [-0.2, 0) is 4.79 Å². The van der Waals surface area contributed by atoms with Crippen LogP contribution in [0.5, 0.6) is 0 Å². The van der Waals surface area contributed by atoms with Crippen LogP contribution < -0.4 is 10.9 Å². The van der Waals surface area contributed by atoms with Crippen molar-refractivity contribution in [2.45, 2.75) is 6.92 Å². The van der Waals surface area contributed by atoms with Gasteiger partial charge in [0.25, 0.3) is 5.56 Å². The fraction of sp³-hybridized carbons (Fsp3) is 0.0667. The maximum atomic E-state index is 11.8. The van der Waals surface area contributed by atoms with Gasteiger partial charge in [-0.15, -0.1) is 16.5 Å². The van der Waals surface area contributed by atoms with Gasteiger partial charge in [-0.25, -0.2) is 0 Å². The maximum absolute atomic E-state index is 11.8. The quantitative estimate of drug-likeness (QED) is 0.634. The fourth-order valence-corrected chi connectivity index (χ4v) is 2.69. The Labute approximate surface area is 135 Å². The number of nitrogens with one attached hydrogen (secondary N) is 3. The number of aromatic nitrogens is 2. The molecule has 0 aliphatic heterocycles. The van der Waals surface area contributed by atoms with Crippen molar-refractivity contribution >= 4 is 34.3 Å². The van der Waals surface area contributed by atoms with Crippen LogP contribution in [0.3, 0.4) is 0 Å². The van der Waals surface area contributed by atoms with Crippen LogP contribution in [0.1, 0.15) is 6.92 Å². The third-order valence-corrected chi connectivity index (χ3v) is 3.86. The number of thiophene rings is 1. The first-order valence-electron chi connectivity index (χ1n) is 6.77. The molecule has 0 spiro atoms. The SMILES string of the molecule is CC(=O)Nc1ccc(N=Nc2c(-c3cccs3)[nH][nH]c2=O)cc1. The van der Waals surface area contributed by atoms with E-state index < -0.39 is 0 Å². The van der Waals surface area contributed by atoms with Crippen molar-refractivity contribution in [1.29, 1.82) is 0 Å². The van der Waals surface area contributed by atoms with E-state index in [4.69, 9.17) is 0 Å². The number of amides is 1. The molecule has 0 fully saturated rings. The van der Waals surface area contributed by atoms with Gasteiger partial charge in [0.2, 0.25) is 5.91 Å². The summed E-state index contributed by atoms with van der Waals surface area (Å²) in [6, 6.07) is 10.6. The molecule has 0 aliphatic rings. The summed E-state index contributed by atoms with van der Waals surface area (Å²) in [6.07, 6.45) is 0. The molecular formula is C15H13N5O2S. The van der Waals surface area contributed by atoms with Crippen molar-refractivity contribution < 1.29 is 4.79 Å². The summed E-state index contributed by atoms with van der Waals surface area (Å²) in [7, 11) is 0. The van der Waals surface area contributed by atoms with Gasteiger partial charge in [0.1, 0.15) is 5.69 Å². The minimum absolute atomic E-state index is 0.140. The molecule has 0 aliphatic carbocycles. The average molecular weight is 327 g/mol. The van der Waals surface area contributed by atoms with Crippen LogP contribution in [-0.4, -0.2) is 16.1 Å². The lowest BCUT2D eigenvalue weighted by Gasteiger charge is -2.00. The third kappa shape index (κ3) is 3.43. The van der Waals surface area contributed by atoms with Crippen LogP contribution in [0, 0.1) is 0 Å². The maximum Gasteiger partial charge on any atom is 0.292 e. The number of benzene rings is 1. The van der Waals surface area contributed by atoms with Crippen molar-refractivity contribution in [2.75, 3.05) is 5.32 Å². The normalized spacial score (nSPS) is 11.0. The lowest BCUT2D eigenvalue weighted by atomic mass is 10.3. The summed E-state index contributed by atoms with van der Waals surface area (Å²) >= 11 is 1.50. The predicted octanol–water partition coefficient (Wildman–Crippen LogP) is 3.81. The number of anilines is 1. The number of H-pyrrole nitrogens is 2. The van der Waals surface area contributed by atoms with Crippen LogP contribution in [0.4, 0.5) is 17.1 Å². The topological polar surface area (TPSA) is 102 Å². The van der Waals surface area contributed by atoms with E-state index in [9.17, 15) is 9.59 Å². The molecule has 116 valence electrons. The van der Waals surface area contributed by atoms with Gasteiger partial charge < -0.3 is 5.32 Å². The number of nitrogens with zero attached hydrogens (tertiary/aromatic N) is 2. The number of carbonyl (C=O) groups is 1. The van der Waals surface area contributed by atoms with E-state index >= 15 is 0 Å². The minimum atomic E-state index is -0.327. The first kappa shape index (κ1) is 14.9. The zero-order valence-corrected chi connectivity index (χ0v) is 13.0. The van der Waals surface area contributed by atoms with Crippen molar-refractivity contribution in [1.82, 2.24) is 10.2 Å². The summed E-state index contributed by atoms with van der Waals surface area (Å²) in [5.41, 5.74) is 1.78. The number of aromatic amines is 2. The van der Waals surface area contributed by atoms with Crippen LogP contribution in [0.2, 0.25) is 0 Å². The summed E-state index contributed by atoms with van der Waals surface area (Å²) in [5, 5.41) is 18.0. The molecule has 3 aromatic rings. The molecule has 0 bridgehead atoms. The molecule has 3 N–H and O–H groups in total. The molecule has 8 heteroatoms. The second-order valence-electron chi connectivity index (χ2n) is 4.71. The number of azo groups is 1. The lowest BCUT2D eigenvalue weighted by molar-refractivity contribution is -0.114. The van der Waals surface area contributed by atoms with Gasteiger partial charge in [0.15, 0.2) is 5.69 Å². The molecule has 0 saturated heterocycles. The standard InChI is InChI=1S/C15H13N5O2S/c1-9(21)16-10-4-6-11(7-5-10)17-19-14-13(18-20-15(14)22)12-3-2-8-23-12/h2-8H,1H3,(H,16,21)(H2,18,20,22). The first-order valence-corrected chi connectivity index (χ1v) is 7.65. The summed E-state index contributed by atoms with van der Waals surface area (Å²) in [4.78, 5) is 23.7. The fourth-order valence-electron chi connectivity index (χ4n) is 1.97. The second kappa shape index (κ2) is 6.41. The minimum Gasteiger partial charge on any atom is -0.326 e. The van der Waals surface area contributed by atoms with Crippen LogP contribution in [0.15, 0.2) is 56.8 Å². The van der Waals surface area contributed by atoms with Gasteiger partial charge in [0, 0.05) is 12.6 Å². The van der Waals surface area contributed by atoms with Crippen LogP contribution >= 0.6 is 11.3 Å². The molecule has 0 atom stereocenters. The Morgan fingerprint density at radius 1 is 1.13 bits per heavy atom. The summed E-state index contributed by atoms with van der Waals surface area (Å²) in [5.74, 6) is -0.140. The summed E-state index contributed by atoms with van der Waals surface area (Å²) < 4.78 is 0. The lowest BCUT2D eigenvalue weighted by Crippen LogP contribution is -2.04. The van der Waals surface area contributed by atoms with Gasteiger partial charge in [-0.2, -0.15) is 5.11 Å². The number of carbonyl (C=O) groups excluding carboxylic acids is 1. The highest BCUT2D eigenvalue weighted by Crippen LogP contribution is 2.29. The Morgan fingerprint density at radius 2 is 1.91 bits per heavy atom. The van der Waals surface area contributed by atoms with Crippen molar-refractivity contribution in [3.63, 3.8) is 0 Å². The van der Waals surface area contributed by atoms with E-state index in [1.807, 2.05) is 17.5 Å². The molecule has 1 amide bonds. The molecule has 7 nitrogen and oxygen atoms in total. The third-order valence-electron chi connectivity index (χ3n) is 2.97. The molecular weight excluding hydrogens is 314 g/mol. The Balaban J connectivity index is 1.85. The van der Waals surface area contributed by atoms with E-state index in [2.05, 4.69) is 25.7 Å². The summed E-state index contributed by atoms with van der Waals surface area (Å²) in [6.45, 7) is 1.44. The van der Waals surface area contributed by atoms with Gasteiger partial charge >= 0.3 is 0 Å². The molecule has 23 heavy (non-hydrogen) atoms. The van der Waals surface area contributed by atoms with E-state index in [1.165, 1.54) is 18.3 Å². The molecule has 0 radical (unpaired) electrons. The van der Waals surface area contributed by atoms with E-state index in [-0.39, 0.29) is 17.2 Å². The Bertz CT molecular complexity index is 891. The number of hydrogen-bond donors (Lipinski definition) is 3. The van der Waals surface area contributed by atoms with E-state index in [0.717, 1.165) is 4.88 Å². The van der Waals surface area contributed by atoms with Crippen LogP contribution in [0.25, 0.3) is 10.6 Å². The Hall–Kier alpha value is -3.00. The number of hydrogen-bond acceptors (Lipinski definition) is 5. The van der Waals surface area contributed by atoms with Gasteiger partial charge in [0.05, 0.1) is 10.6 Å². The van der Waals surface area contributed by atoms with E-state index in [0.29, 0.717) is 17.1 Å². The molecule has 0 unspecified atom stereocenters. The number of rotatable bonds is 4. The smallest absolute Gasteiger partial charge is 0.292 e. The Kier molecular flexibility index (Phi) is 4.15. The van der Waals surface area contributed by atoms with Crippen molar-refractivity contribution in [2.24, 2.45) is 10.2 Å². The molecule has 2 heterocycles. The highest BCUT2D eigenvalue weighted by Gasteiger charge is 2.12. The first-order chi connectivity index (χ1) is 11.1. The molecule has 2 aromatic heterocycles. The second-order valence-corrected chi connectivity index (χ2v) is 5.66. The van der Waals surface area contributed by atoms with Gasteiger partial charge in [-0.05, 0) is 35.7 Å². The van der Waals surface area contributed by atoms with Gasteiger partial charge in [-0.3, -0.25) is 19.8 Å². The van der Waals surface area contributed by atoms with Crippen molar-refractivity contribution in [3.05, 3.63) is 52.1 Å². The largest absolute Gasteiger partial charge is 0.326 e. The highest BCUT2D eigenvalue weighted by molar-refractivity contribution is 7.13. The van der Waals surface area contributed by atoms with Gasteiger partial charge in [-0.1, -0.05) is 6.07 Å². The van der Waals surface area contributed by atoms with Crippen molar-refractivity contribution in [3.8, 4) is 10.6 Å². The average Bonchev–Trinajstić information content (AvgIpc) is 3.16. The zero-order chi connectivity index (χ0) is 16.2.